The first-order valence-corrected chi connectivity index (χ1v) is 6.71. The summed E-state index contributed by atoms with van der Waals surface area (Å²) < 4.78 is 0. The predicted molar refractivity (Wildman–Crippen MR) is 76.4 cm³/mol. The summed E-state index contributed by atoms with van der Waals surface area (Å²) in [5, 5.41) is 10.7. The molecule has 1 aliphatic rings. The maximum atomic E-state index is 12.4. The molecular weight excluding hydrogens is 258 g/mol. The lowest BCUT2D eigenvalue weighted by Crippen LogP contribution is -2.42. The van der Waals surface area contributed by atoms with E-state index in [4.69, 9.17) is 5.73 Å². The zero-order chi connectivity index (χ0) is 14.9. The van der Waals surface area contributed by atoms with Crippen molar-refractivity contribution in [2.24, 2.45) is 11.8 Å². The van der Waals surface area contributed by atoms with Gasteiger partial charge in [-0.1, -0.05) is 13.8 Å². The summed E-state index contributed by atoms with van der Waals surface area (Å²) >= 11 is 0. The van der Waals surface area contributed by atoms with Crippen LogP contribution in [0.1, 0.15) is 30.6 Å². The fourth-order valence-corrected chi connectivity index (χ4v) is 2.87. The fourth-order valence-electron chi connectivity index (χ4n) is 2.87. The van der Waals surface area contributed by atoms with Crippen LogP contribution in [0.5, 0.6) is 0 Å². The molecule has 0 spiro atoms. The average molecular weight is 277 g/mol. The Bertz CT molecular complexity index is 534. The number of carbonyl (C=O) groups excluding carboxylic acids is 1. The Kier molecular flexibility index (Phi) is 3.92. The number of nitrogens with two attached hydrogens (primary N) is 1. The van der Waals surface area contributed by atoms with E-state index < -0.39 is 4.92 Å². The molecule has 0 aliphatic carbocycles. The van der Waals surface area contributed by atoms with Gasteiger partial charge in [0.05, 0.1) is 4.92 Å². The van der Waals surface area contributed by atoms with Crippen molar-refractivity contribution >= 4 is 17.3 Å². The second kappa shape index (κ2) is 5.48. The van der Waals surface area contributed by atoms with Crippen LogP contribution in [0.4, 0.5) is 11.4 Å². The van der Waals surface area contributed by atoms with E-state index >= 15 is 0 Å². The van der Waals surface area contributed by atoms with Crippen LogP contribution in [0.2, 0.25) is 0 Å². The molecule has 2 unspecified atom stereocenters. The highest BCUT2D eigenvalue weighted by Gasteiger charge is 2.26. The molecule has 2 N–H and O–H groups in total. The number of hydrogen-bond donors (Lipinski definition) is 1. The monoisotopic (exact) mass is 277 g/mol. The highest BCUT2D eigenvalue weighted by Crippen LogP contribution is 2.26. The molecular formula is C14H19N3O3. The van der Waals surface area contributed by atoms with Crippen LogP contribution in [0.3, 0.4) is 0 Å². The van der Waals surface area contributed by atoms with Gasteiger partial charge < -0.3 is 10.6 Å². The molecule has 1 fully saturated rings. The lowest BCUT2D eigenvalue weighted by molar-refractivity contribution is -0.383. The average Bonchev–Trinajstić information content (AvgIpc) is 2.36. The molecule has 1 saturated heterocycles. The molecule has 2 atom stereocenters. The third kappa shape index (κ3) is 2.89. The minimum absolute atomic E-state index is 0.0268. The molecule has 0 radical (unpaired) electrons. The van der Waals surface area contributed by atoms with Gasteiger partial charge in [-0.05, 0) is 30.4 Å². The lowest BCUT2D eigenvalue weighted by Gasteiger charge is -2.35. The van der Waals surface area contributed by atoms with Gasteiger partial charge in [-0.2, -0.15) is 0 Å². The summed E-state index contributed by atoms with van der Waals surface area (Å²) in [5.74, 6) is 0.834. The third-order valence-electron chi connectivity index (χ3n) is 3.63. The quantitative estimate of drug-likeness (QED) is 0.510. The molecule has 1 aliphatic heterocycles. The van der Waals surface area contributed by atoms with Gasteiger partial charge >= 0.3 is 0 Å². The Labute approximate surface area is 117 Å². The molecule has 6 nitrogen and oxygen atoms in total. The van der Waals surface area contributed by atoms with E-state index in [0.717, 1.165) is 19.5 Å². The normalized spacial score (nSPS) is 22.6. The number of nitrogens with zero attached hydrogens (tertiary/aromatic N) is 2. The predicted octanol–water partition coefficient (Wildman–Crippen LogP) is 2.30. The summed E-state index contributed by atoms with van der Waals surface area (Å²) in [7, 11) is 0. The van der Waals surface area contributed by atoms with Crippen molar-refractivity contribution in [3.8, 4) is 0 Å². The highest BCUT2D eigenvalue weighted by molar-refractivity contribution is 5.95. The van der Waals surface area contributed by atoms with Crippen LogP contribution in [-0.2, 0) is 0 Å². The van der Waals surface area contributed by atoms with E-state index in [-0.39, 0.29) is 17.3 Å². The van der Waals surface area contributed by atoms with Crippen LogP contribution in [0.15, 0.2) is 18.2 Å². The van der Waals surface area contributed by atoms with Gasteiger partial charge in [0.15, 0.2) is 0 Å². The number of benzene rings is 1. The third-order valence-corrected chi connectivity index (χ3v) is 3.63. The summed E-state index contributed by atoms with van der Waals surface area (Å²) in [6.45, 7) is 5.69. The standard InChI is InChI=1S/C14H19N3O3/c1-9-5-10(2)8-16(7-9)14(18)11-3-4-13(17(19)20)12(15)6-11/h3-4,6,9-10H,5,7-8,15H2,1-2H3. The van der Waals surface area contributed by atoms with Crippen molar-refractivity contribution < 1.29 is 9.72 Å². The number of hydrogen-bond acceptors (Lipinski definition) is 4. The van der Waals surface area contributed by atoms with E-state index in [0.29, 0.717) is 17.4 Å². The molecule has 1 aromatic carbocycles. The number of piperidine rings is 1. The van der Waals surface area contributed by atoms with Gasteiger partial charge in [0.25, 0.3) is 11.6 Å². The minimum Gasteiger partial charge on any atom is -0.393 e. The molecule has 0 saturated carbocycles. The van der Waals surface area contributed by atoms with Crippen LogP contribution in [0.25, 0.3) is 0 Å². The van der Waals surface area contributed by atoms with Gasteiger partial charge in [0, 0.05) is 24.7 Å². The number of rotatable bonds is 2. The maximum Gasteiger partial charge on any atom is 0.292 e. The van der Waals surface area contributed by atoms with Gasteiger partial charge in [-0.3, -0.25) is 14.9 Å². The topological polar surface area (TPSA) is 89.5 Å². The summed E-state index contributed by atoms with van der Waals surface area (Å²) in [4.78, 5) is 24.4. The zero-order valence-corrected chi connectivity index (χ0v) is 11.7. The number of nitro groups is 1. The minimum atomic E-state index is -0.547. The lowest BCUT2D eigenvalue weighted by atomic mass is 9.91. The molecule has 2 rings (SSSR count). The molecule has 0 bridgehead atoms. The van der Waals surface area contributed by atoms with E-state index in [1.165, 1.54) is 18.2 Å². The first kappa shape index (κ1) is 14.3. The number of anilines is 1. The Morgan fingerprint density at radius 1 is 1.35 bits per heavy atom. The van der Waals surface area contributed by atoms with Crippen LogP contribution < -0.4 is 5.73 Å². The molecule has 1 heterocycles. The van der Waals surface area contributed by atoms with Gasteiger partial charge in [0.1, 0.15) is 5.69 Å². The summed E-state index contributed by atoms with van der Waals surface area (Å²) in [6.07, 6.45) is 1.12. The fraction of sp³-hybridized carbons (Fsp3) is 0.500. The van der Waals surface area contributed by atoms with Crippen molar-refractivity contribution in [3.63, 3.8) is 0 Å². The highest BCUT2D eigenvalue weighted by atomic mass is 16.6. The van der Waals surface area contributed by atoms with E-state index in [2.05, 4.69) is 13.8 Å². The maximum absolute atomic E-state index is 12.4. The molecule has 6 heteroatoms. The summed E-state index contributed by atoms with van der Waals surface area (Å²) in [6, 6.07) is 4.16. The Balaban J connectivity index is 2.21. The molecule has 108 valence electrons. The van der Waals surface area contributed by atoms with Crippen molar-refractivity contribution in [1.82, 2.24) is 4.90 Å². The summed E-state index contributed by atoms with van der Waals surface area (Å²) in [5.41, 5.74) is 5.91. The SMILES string of the molecule is CC1CC(C)CN(C(=O)c2ccc([N+](=O)[O-])c(N)c2)C1. The number of carbonyl (C=O) groups is 1. The smallest absolute Gasteiger partial charge is 0.292 e. The first-order valence-electron chi connectivity index (χ1n) is 6.71. The second-order valence-corrected chi connectivity index (χ2v) is 5.69. The Morgan fingerprint density at radius 2 is 1.95 bits per heavy atom. The first-order chi connectivity index (χ1) is 9.38. The Hall–Kier alpha value is -2.11. The van der Waals surface area contributed by atoms with Crippen molar-refractivity contribution in [1.29, 1.82) is 0 Å². The largest absolute Gasteiger partial charge is 0.393 e. The molecule has 1 amide bonds. The number of amides is 1. The second-order valence-electron chi connectivity index (χ2n) is 5.69. The Morgan fingerprint density at radius 3 is 2.45 bits per heavy atom. The number of nitrogen functional groups attached to an aromatic ring is 1. The van der Waals surface area contributed by atoms with Crippen molar-refractivity contribution in [2.45, 2.75) is 20.3 Å². The van der Waals surface area contributed by atoms with Crippen molar-refractivity contribution in [3.05, 3.63) is 33.9 Å². The number of likely N-dealkylation sites (tertiary alicyclic amines) is 1. The zero-order valence-electron chi connectivity index (χ0n) is 11.7. The van der Waals surface area contributed by atoms with Crippen LogP contribution in [-0.4, -0.2) is 28.8 Å². The van der Waals surface area contributed by atoms with Gasteiger partial charge in [0.2, 0.25) is 0 Å². The van der Waals surface area contributed by atoms with Crippen LogP contribution >= 0.6 is 0 Å². The molecule has 0 aromatic heterocycles. The molecule has 20 heavy (non-hydrogen) atoms. The van der Waals surface area contributed by atoms with E-state index in [1.54, 1.807) is 4.90 Å². The van der Waals surface area contributed by atoms with Crippen LogP contribution in [0, 0.1) is 22.0 Å². The van der Waals surface area contributed by atoms with Gasteiger partial charge in [-0.25, -0.2) is 0 Å². The van der Waals surface area contributed by atoms with E-state index in [1.807, 2.05) is 0 Å². The molecule has 1 aromatic rings. The number of nitro benzene ring substituents is 1. The van der Waals surface area contributed by atoms with Gasteiger partial charge in [-0.15, -0.1) is 0 Å². The van der Waals surface area contributed by atoms with Crippen molar-refractivity contribution in [2.75, 3.05) is 18.8 Å². The van der Waals surface area contributed by atoms with E-state index in [9.17, 15) is 14.9 Å².